The summed E-state index contributed by atoms with van der Waals surface area (Å²) in [7, 11) is 0. The zero-order valence-electron chi connectivity index (χ0n) is 31.1. The van der Waals surface area contributed by atoms with Gasteiger partial charge in [-0.2, -0.15) is 0 Å². The minimum atomic E-state index is -1.01. The molecule has 12 heteroatoms. The highest BCUT2D eigenvalue weighted by molar-refractivity contribution is 6.38. The van der Waals surface area contributed by atoms with Gasteiger partial charge in [-0.3, -0.25) is 33.8 Å². The summed E-state index contributed by atoms with van der Waals surface area (Å²) in [5.74, 6) is -3.62. The minimum absolute atomic E-state index is 0.0808. The van der Waals surface area contributed by atoms with Gasteiger partial charge in [0.1, 0.15) is 11.7 Å². The number of rotatable bonds is 14. The highest BCUT2D eigenvalue weighted by Gasteiger charge is 2.52. The first kappa shape index (κ1) is 39.7. The van der Waals surface area contributed by atoms with Crippen molar-refractivity contribution in [2.75, 3.05) is 6.54 Å². The number of carbonyl (C=O) groups is 6. The molecule has 1 saturated carbocycles. The maximum Gasteiger partial charge on any atom is 0.289 e. The van der Waals surface area contributed by atoms with Crippen molar-refractivity contribution in [2.24, 2.45) is 34.5 Å². The van der Waals surface area contributed by atoms with E-state index >= 15 is 0 Å². The molecular weight excluding hydrogens is 624 g/mol. The Morgan fingerprint density at radius 3 is 2.14 bits per heavy atom. The number of hydrogen-bond acceptors (Lipinski definition) is 8. The SMILES string of the molecule is CCC[C@H](NC(=O)[C@@H]1[C@H]2CCC[C@H]2CN1C(=O)[C@@H](CC(=O)[C@@H](NC(=O)c1cnccn1)C(C)(C)C)C(C)(C)C)C(=O)C(=O)N[C@@H](C)C(C)C. The van der Waals surface area contributed by atoms with E-state index in [4.69, 9.17) is 0 Å². The quantitative estimate of drug-likeness (QED) is 0.249. The van der Waals surface area contributed by atoms with Gasteiger partial charge in [-0.1, -0.05) is 75.2 Å². The van der Waals surface area contributed by atoms with Gasteiger partial charge < -0.3 is 20.9 Å². The molecule has 0 bridgehead atoms. The van der Waals surface area contributed by atoms with Gasteiger partial charge in [-0.25, -0.2) is 4.98 Å². The first-order valence-corrected chi connectivity index (χ1v) is 17.8. The summed E-state index contributed by atoms with van der Waals surface area (Å²) in [6, 6.07) is -2.96. The lowest BCUT2D eigenvalue weighted by atomic mass is 9.73. The largest absolute Gasteiger partial charge is 0.347 e. The fourth-order valence-corrected chi connectivity index (χ4v) is 6.97. The molecule has 7 atom stereocenters. The van der Waals surface area contributed by atoms with Gasteiger partial charge >= 0.3 is 0 Å². The van der Waals surface area contributed by atoms with E-state index in [0.717, 1.165) is 19.3 Å². The van der Waals surface area contributed by atoms with Crippen LogP contribution in [0, 0.1) is 34.5 Å². The first-order chi connectivity index (χ1) is 22.8. The van der Waals surface area contributed by atoms with Crippen LogP contribution in [0.1, 0.15) is 118 Å². The summed E-state index contributed by atoms with van der Waals surface area (Å²) in [5.41, 5.74) is -1.25. The minimum Gasteiger partial charge on any atom is -0.347 e. The van der Waals surface area contributed by atoms with Gasteiger partial charge in [0, 0.05) is 37.3 Å². The van der Waals surface area contributed by atoms with Crippen LogP contribution in [0.25, 0.3) is 0 Å². The van der Waals surface area contributed by atoms with E-state index in [-0.39, 0.29) is 54.0 Å². The maximum atomic E-state index is 14.6. The van der Waals surface area contributed by atoms with Gasteiger partial charge in [0.25, 0.3) is 11.8 Å². The molecule has 4 amide bonds. The third-order valence-corrected chi connectivity index (χ3v) is 10.2. The predicted octanol–water partition coefficient (Wildman–Crippen LogP) is 3.88. The number of hydrogen-bond donors (Lipinski definition) is 3. The van der Waals surface area contributed by atoms with Crippen molar-refractivity contribution in [2.45, 2.75) is 132 Å². The van der Waals surface area contributed by atoms with Crippen LogP contribution in [0.3, 0.4) is 0 Å². The lowest BCUT2D eigenvalue weighted by molar-refractivity contribution is -0.148. The van der Waals surface area contributed by atoms with Crippen LogP contribution in [-0.2, 0) is 24.0 Å². The number of amides is 4. The molecule has 0 radical (unpaired) electrons. The number of nitrogens with zero attached hydrogens (tertiary/aromatic N) is 3. The normalized spacial score (nSPS) is 21.7. The molecule has 0 unspecified atom stereocenters. The Kier molecular flexibility index (Phi) is 13.2. The van der Waals surface area contributed by atoms with Crippen LogP contribution in [0.4, 0.5) is 0 Å². The summed E-state index contributed by atoms with van der Waals surface area (Å²) in [6.45, 7) is 19.2. The summed E-state index contributed by atoms with van der Waals surface area (Å²) in [4.78, 5) is 91.5. The van der Waals surface area contributed by atoms with Gasteiger partial charge in [-0.05, 0) is 54.8 Å². The third-order valence-electron chi connectivity index (χ3n) is 10.2. The Balaban J connectivity index is 1.87. The molecule has 1 saturated heterocycles. The lowest BCUT2D eigenvalue weighted by Crippen LogP contribution is -2.57. The second-order valence-electron chi connectivity index (χ2n) is 16.5. The number of carbonyl (C=O) groups excluding carboxylic acids is 6. The van der Waals surface area contributed by atoms with Crippen molar-refractivity contribution in [3.05, 3.63) is 24.3 Å². The van der Waals surface area contributed by atoms with Crippen LogP contribution in [0.15, 0.2) is 18.6 Å². The highest BCUT2D eigenvalue weighted by Crippen LogP contribution is 2.44. The first-order valence-electron chi connectivity index (χ1n) is 17.8. The van der Waals surface area contributed by atoms with Crippen molar-refractivity contribution < 1.29 is 28.8 Å². The van der Waals surface area contributed by atoms with E-state index in [1.54, 1.807) is 4.90 Å². The molecule has 272 valence electrons. The van der Waals surface area contributed by atoms with Crippen LogP contribution in [0.2, 0.25) is 0 Å². The van der Waals surface area contributed by atoms with Crippen LogP contribution in [-0.4, -0.2) is 80.8 Å². The fourth-order valence-electron chi connectivity index (χ4n) is 6.97. The number of likely N-dealkylation sites (tertiary alicyclic amines) is 1. The molecule has 1 aliphatic heterocycles. The van der Waals surface area contributed by atoms with Crippen LogP contribution in [0.5, 0.6) is 0 Å². The van der Waals surface area contributed by atoms with Crippen molar-refractivity contribution in [1.29, 1.82) is 0 Å². The second-order valence-corrected chi connectivity index (χ2v) is 16.5. The molecule has 2 fully saturated rings. The zero-order valence-corrected chi connectivity index (χ0v) is 31.1. The van der Waals surface area contributed by atoms with Gasteiger partial charge in [0.2, 0.25) is 17.6 Å². The van der Waals surface area contributed by atoms with Gasteiger partial charge in [0.05, 0.1) is 18.3 Å². The Bertz CT molecular complexity index is 1370. The molecule has 1 aromatic heterocycles. The molecule has 2 aliphatic rings. The summed E-state index contributed by atoms with van der Waals surface area (Å²) in [6.07, 6.45) is 7.48. The van der Waals surface area contributed by atoms with E-state index in [1.165, 1.54) is 18.6 Å². The topological polar surface area (TPSA) is 168 Å². The number of aromatic nitrogens is 2. The predicted molar refractivity (Wildman–Crippen MR) is 186 cm³/mol. The average molecular weight is 683 g/mol. The van der Waals surface area contributed by atoms with E-state index in [1.807, 2.05) is 69.2 Å². The van der Waals surface area contributed by atoms with Crippen molar-refractivity contribution >= 4 is 35.2 Å². The average Bonchev–Trinajstić information content (AvgIpc) is 3.62. The fraction of sp³-hybridized carbons (Fsp3) is 0.730. The third kappa shape index (κ3) is 9.94. The smallest absolute Gasteiger partial charge is 0.289 e. The van der Waals surface area contributed by atoms with Gasteiger partial charge in [-0.15, -0.1) is 0 Å². The Morgan fingerprint density at radius 2 is 1.59 bits per heavy atom. The molecular formula is C37H58N6O6. The van der Waals surface area contributed by atoms with E-state index in [2.05, 4.69) is 25.9 Å². The second kappa shape index (κ2) is 16.3. The molecule has 3 rings (SSSR count). The summed E-state index contributed by atoms with van der Waals surface area (Å²) < 4.78 is 0. The number of nitrogens with one attached hydrogen (secondary N) is 3. The van der Waals surface area contributed by atoms with Gasteiger partial charge in [0.15, 0.2) is 5.78 Å². The number of ketones is 2. The van der Waals surface area contributed by atoms with E-state index in [0.29, 0.717) is 13.0 Å². The molecule has 0 spiro atoms. The van der Waals surface area contributed by atoms with Crippen LogP contribution >= 0.6 is 0 Å². The number of Topliss-reactive ketones (excluding diaryl/α,β-unsaturated/α-hetero) is 2. The standard InChI is InChI=1S/C37H58N6O6/c1-11-13-26(30(45)34(48)40-22(4)21(2)3)41-33(47)29-24-15-12-14-23(24)20-43(29)35(49)25(36(5,6)7)18-28(44)31(37(8,9)10)42-32(46)27-19-38-16-17-39-27/h16-17,19,21-26,29,31H,11-15,18,20H2,1-10H3,(H,40,48)(H,41,47)(H,42,46)/t22-,23-,24-,25+,26-,29-,31+/m0/s1. The van der Waals surface area contributed by atoms with E-state index < -0.39 is 58.4 Å². The molecule has 0 aromatic carbocycles. The van der Waals surface area contributed by atoms with Crippen molar-refractivity contribution in [3.8, 4) is 0 Å². The number of fused-ring (bicyclic) bond motifs is 1. The Labute approximate surface area is 291 Å². The van der Waals surface area contributed by atoms with Crippen molar-refractivity contribution in [1.82, 2.24) is 30.8 Å². The summed E-state index contributed by atoms with van der Waals surface area (Å²) >= 11 is 0. The Hall–Kier alpha value is -3.70. The zero-order chi connectivity index (χ0) is 36.8. The molecule has 2 heterocycles. The monoisotopic (exact) mass is 682 g/mol. The molecule has 49 heavy (non-hydrogen) atoms. The molecule has 3 N–H and O–H groups in total. The molecule has 12 nitrogen and oxygen atoms in total. The summed E-state index contributed by atoms with van der Waals surface area (Å²) in [5, 5.41) is 8.44. The molecule has 1 aromatic rings. The maximum absolute atomic E-state index is 14.6. The molecule has 1 aliphatic carbocycles. The highest BCUT2D eigenvalue weighted by atomic mass is 16.2. The van der Waals surface area contributed by atoms with Crippen molar-refractivity contribution in [3.63, 3.8) is 0 Å². The Morgan fingerprint density at radius 1 is 0.918 bits per heavy atom. The van der Waals surface area contributed by atoms with Crippen LogP contribution < -0.4 is 16.0 Å². The van der Waals surface area contributed by atoms with E-state index in [9.17, 15) is 28.8 Å². The lowest BCUT2D eigenvalue weighted by Gasteiger charge is -2.38.